The predicted octanol–water partition coefficient (Wildman–Crippen LogP) is 0.976. The minimum absolute atomic E-state index is 0.0526. The second kappa shape index (κ2) is 3.80. The first kappa shape index (κ1) is 10.4. The van der Waals surface area contributed by atoms with Crippen LogP contribution in [0.3, 0.4) is 0 Å². The normalized spacial score (nSPS) is 13.5. The number of halogens is 1. The molecular formula is C10H9FN2O3. The molecule has 0 saturated heterocycles. The molecule has 16 heavy (non-hydrogen) atoms. The average molecular weight is 224 g/mol. The molecule has 0 fully saturated rings. The molecule has 1 aromatic carbocycles. The molecule has 0 aliphatic carbocycles. The van der Waals surface area contributed by atoms with E-state index < -0.39 is 11.8 Å². The molecule has 0 atom stereocenters. The van der Waals surface area contributed by atoms with Crippen molar-refractivity contribution in [2.75, 3.05) is 24.3 Å². The molecule has 1 aromatic rings. The number of hydrogen-bond acceptors (Lipinski definition) is 4. The molecule has 84 valence electrons. The Kier molecular flexibility index (Phi) is 2.47. The van der Waals surface area contributed by atoms with Crippen LogP contribution < -0.4 is 10.6 Å². The van der Waals surface area contributed by atoms with Gasteiger partial charge in [0.25, 0.3) is 0 Å². The molecule has 1 aliphatic heterocycles. The van der Waals surface area contributed by atoms with Crippen LogP contribution in [0.25, 0.3) is 0 Å². The molecule has 0 saturated carbocycles. The van der Waals surface area contributed by atoms with E-state index in [0.717, 1.165) is 6.07 Å². The highest BCUT2D eigenvalue weighted by Gasteiger charge is 2.20. The quantitative estimate of drug-likeness (QED) is 0.698. The number of rotatable bonds is 1. The van der Waals surface area contributed by atoms with Gasteiger partial charge in [0.1, 0.15) is 11.5 Å². The average Bonchev–Trinajstić information content (AvgIpc) is 2.28. The molecule has 0 unspecified atom stereocenters. The molecule has 0 radical (unpaired) electrons. The summed E-state index contributed by atoms with van der Waals surface area (Å²) in [5.74, 6) is -1.61. The van der Waals surface area contributed by atoms with Crippen LogP contribution in [0, 0.1) is 5.82 Å². The molecule has 2 N–H and O–H groups in total. The number of ether oxygens (including phenoxy) is 1. The minimum Gasteiger partial charge on any atom is -0.465 e. The molecule has 5 nitrogen and oxygen atoms in total. The third kappa shape index (κ3) is 1.69. The molecule has 0 aromatic heterocycles. The Morgan fingerprint density at radius 1 is 1.50 bits per heavy atom. The maximum absolute atomic E-state index is 13.5. The van der Waals surface area contributed by atoms with Gasteiger partial charge in [-0.15, -0.1) is 0 Å². The lowest BCUT2D eigenvalue weighted by Gasteiger charge is -2.19. The zero-order chi connectivity index (χ0) is 11.7. The molecule has 1 amide bonds. The second-order valence-corrected chi connectivity index (χ2v) is 3.27. The largest absolute Gasteiger partial charge is 0.465 e. The first-order valence-electron chi connectivity index (χ1n) is 4.57. The van der Waals surface area contributed by atoms with Gasteiger partial charge in [0, 0.05) is 0 Å². The summed E-state index contributed by atoms with van der Waals surface area (Å²) in [7, 11) is 1.22. The van der Waals surface area contributed by atoms with E-state index in [1.807, 2.05) is 0 Å². The number of carbonyl (C=O) groups is 2. The summed E-state index contributed by atoms with van der Waals surface area (Å²) in [6.45, 7) is 0.0526. The van der Waals surface area contributed by atoms with Gasteiger partial charge in [0.05, 0.1) is 24.9 Å². The predicted molar refractivity (Wildman–Crippen MR) is 54.9 cm³/mol. The fraction of sp³-hybridized carbons (Fsp3) is 0.200. The van der Waals surface area contributed by atoms with Gasteiger partial charge in [-0.2, -0.15) is 0 Å². The highest BCUT2D eigenvalue weighted by molar-refractivity contribution is 6.02. The van der Waals surface area contributed by atoms with Crippen molar-refractivity contribution in [2.24, 2.45) is 0 Å². The zero-order valence-corrected chi connectivity index (χ0v) is 8.46. The third-order valence-corrected chi connectivity index (χ3v) is 2.22. The summed E-state index contributed by atoms with van der Waals surface area (Å²) in [4.78, 5) is 22.2. The summed E-state index contributed by atoms with van der Waals surface area (Å²) in [6.07, 6.45) is 0. The minimum atomic E-state index is -0.668. The molecular weight excluding hydrogens is 215 g/mol. The van der Waals surface area contributed by atoms with Crippen LogP contribution in [0.1, 0.15) is 10.4 Å². The van der Waals surface area contributed by atoms with Crippen LogP contribution in [0.2, 0.25) is 0 Å². The third-order valence-electron chi connectivity index (χ3n) is 2.22. The number of hydrogen-bond donors (Lipinski definition) is 2. The summed E-state index contributed by atoms with van der Waals surface area (Å²) >= 11 is 0. The number of esters is 1. The summed E-state index contributed by atoms with van der Waals surface area (Å²) in [6, 6.07) is 2.46. The van der Waals surface area contributed by atoms with Crippen molar-refractivity contribution in [2.45, 2.75) is 0 Å². The van der Waals surface area contributed by atoms with Crippen molar-refractivity contribution < 1.29 is 18.7 Å². The highest BCUT2D eigenvalue weighted by Crippen LogP contribution is 2.29. The molecule has 0 bridgehead atoms. The lowest BCUT2D eigenvalue weighted by Crippen LogP contribution is -2.28. The fourth-order valence-corrected chi connectivity index (χ4v) is 1.47. The molecule has 1 aliphatic rings. The van der Waals surface area contributed by atoms with Crippen LogP contribution >= 0.6 is 0 Å². The van der Waals surface area contributed by atoms with Crippen LogP contribution in [0.4, 0.5) is 15.8 Å². The van der Waals surface area contributed by atoms with Crippen molar-refractivity contribution in [3.8, 4) is 0 Å². The monoisotopic (exact) mass is 224 g/mol. The van der Waals surface area contributed by atoms with Crippen molar-refractivity contribution >= 4 is 23.3 Å². The second-order valence-electron chi connectivity index (χ2n) is 3.27. The Morgan fingerprint density at radius 3 is 2.94 bits per heavy atom. The Bertz CT molecular complexity index is 473. The molecule has 0 spiro atoms. The Hall–Kier alpha value is -2.11. The van der Waals surface area contributed by atoms with E-state index in [1.165, 1.54) is 13.2 Å². The number of anilines is 2. The number of amides is 1. The van der Waals surface area contributed by atoms with Crippen LogP contribution in [0.5, 0.6) is 0 Å². The van der Waals surface area contributed by atoms with Crippen molar-refractivity contribution in [3.63, 3.8) is 0 Å². The van der Waals surface area contributed by atoms with Crippen molar-refractivity contribution in [3.05, 3.63) is 23.5 Å². The van der Waals surface area contributed by atoms with E-state index in [9.17, 15) is 14.0 Å². The van der Waals surface area contributed by atoms with E-state index >= 15 is 0 Å². The first-order chi connectivity index (χ1) is 7.61. The Balaban J connectivity index is 2.46. The maximum Gasteiger partial charge on any atom is 0.338 e. The zero-order valence-electron chi connectivity index (χ0n) is 8.46. The van der Waals surface area contributed by atoms with Gasteiger partial charge >= 0.3 is 5.97 Å². The van der Waals surface area contributed by atoms with E-state index in [2.05, 4.69) is 15.4 Å². The SMILES string of the molecule is COC(=O)c1cc(F)c2c(c1)NCC(=O)N2. The van der Waals surface area contributed by atoms with Gasteiger partial charge in [-0.3, -0.25) is 4.79 Å². The van der Waals surface area contributed by atoms with E-state index in [0.29, 0.717) is 5.69 Å². The number of nitrogens with one attached hydrogen (secondary N) is 2. The Morgan fingerprint density at radius 2 is 2.25 bits per heavy atom. The smallest absolute Gasteiger partial charge is 0.338 e. The first-order valence-corrected chi connectivity index (χ1v) is 4.57. The van der Waals surface area contributed by atoms with Gasteiger partial charge in [-0.05, 0) is 12.1 Å². The topological polar surface area (TPSA) is 67.4 Å². The maximum atomic E-state index is 13.5. The van der Waals surface area contributed by atoms with Gasteiger partial charge in [-0.25, -0.2) is 9.18 Å². The van der Waals surface area contributed by atoms with E-state index in [4.69, 9.17) is 0 Å². The number of benzene rings is 1. The molecule has 6 heteroatoms. The number of fused-ring (bicyclic) bond motifs is 1. The summed E-state index contributed by atoms with van der Waals surface area (Å²) in [5, 5.41) is 5.10. The lowest BCUT2D eigenvalue weighted by molar-refractivity contribution is -0.114. The van der Waals surface area contributed by atoms with E-state index in [-0.39, 0.29) is 23.7 Å². The van der Waals surface area contributed by atoms with Gasteiger partial charge < -0.3 is 15.4 Å². The van der Waals surface area contributed by atoms with Gasteiger partial charge in [0.15, 0.2) is 0 Å². The molecule has 1 heterocycles. The van der Waals surface area contributed by atoms with Crippen LogP contribution in [0.15, 0.2) is 12.1 Å². The van der Waals surface area contributed by atoms with Crippen LogP contribution in [-0.4, -0.2) is 25.5 Å². The summed E-state index contributed by atoms with van der Waals surface area (Å²) < 4.78 is 18.0. The van der Waals surface area contributed by atoms with Crippen LogP contribution in [-0.2, 0) is 9.53 Å². The van der Waals surface area contributed by atoms with E-state index in [1.54, 1.807) is 0 Å². The Labute approximate surface area is 90.6 Å². The standard InChI is InChI=1S/C10H9FN2O3/c1-16-10(15)5-2-6(11)9-7(3-5)12-4-8(14)13-9/h2-3,12H,4H2,1H3,(H,13,14). The van der Waals surface area contributed by atoms with Crippen molar-refractivity contribution in [1.29, 1.82) is 0 Å². The van der Waals surface area contributed by atoms with Gasteiger partial charge in [-0.1, -0.05) is 0 Å². The lowest BCUT2D eigenvalue weighted by atomic mass is 10.1. The molecule has 2 rings (SSSR count). The highest BCUT2D eigenvalue weighted by atomic mass is 19.1. The summed E-state index contributed by atoms with van der Waals surface area (Å²) in [5.41, 5.74) is 0.534. The fourth-order valence-electron chi connectivity index (χ4n) is 1.47. The van der Waals surface area contributed by atoms with Gasteiger partial charge in [0.2, 0.25) is 5.91 Å². The number of carbonyl (C=O) groups excluding carboxylic acids is 2. The number of methoxy groups -OCH3 is 1. The van der Waals surface area contributed by atoms with Crippen molar-refractivity contribution in [1.82, 2.24) is 0 Å².